The predicted molar refractivity (Wildman–Crippen MR) is 175 cm³/mol. The van der Waals surface area contributed by atoms with Gasteiger partial charge in [-0.25, -0.2) is 8.78 Å². The van der Waals surface area contributed by atoms with Gasteiger partial charge in [-0.05, 0) is 70.8 Å². The van der Waals surface area contributed by atoms with Crippen molar-refractivity contribution in [3.63, 3.8) is 0 Å². The van der Waals surface area contributed by atoms with Gasteiger partial charge in [0.2, 0.25) is 0 Å². The minimum atomic E-state index is -0.462. The molecule has 0 aliphatic rings. The number of hydrogen-bond acceptors (Lipinski definition) is 6. The highest BCUT2D eigenvalue weighted by Gasteiger charge is 2.18. The Balaban J connectivity index is 0. The Labute approximate surface area is 270 Å². The van der Waals surface area contributed by atoms with E-state index in [1.165, 1.54) is 24.3 Å². The summed E-state index contributed by atoms with van der Waals surface area (Å²) in [5.41, 5.74) is 28.0. The van der Waals surface area contributed by atoms with Crippen molar-refractivity contribution in [2.24, 2.45) is 22.9 Å². The normalized spacial score (nSPS) is 12.6. The Morgan fingerprint density at radius 2 is 0.595 bits per heavy atom. The fourth-order valence-electron chi connectivity index (χ4n) is 3.85. The number of hydrogen-bond donors (Lipinski definition) is 4. The van der Waals surface area contributed by atoms with Gasteiger partial charge in [-0.15, -0.1) is 49.6 Å². The van der Waals surface area contributed by atoms with Gasteiger partial charge in [-0.2, -0.15) is 0 Å². The van der Waals surface area contributed by atoms with Gasteiger partial charge in [-0.3, -0.25) is 0 Å². The van der Waals surface area contributed by atoms with Crippen LogP contribution in [0.5, 0.6) is 11.5 Å². The van der Waals surface area contributed by atoms with Gasteiger partial charge >= 0.3 is 0 Å². The zero-order chi connectivity index (χ0) is 27.7. The molecule has 4 atom stereocenters. The second-order valence-corrected chi connectivity index (χ2v) is 8.75. The Morgan fingerprint density at radius 1 is 0.405 bits per heavy atom. The number of benzene rings is 4. The lowest BCUT2D eigenvalue weighted by Crippen LogP contribution is -2.26. The van der Waals surface area contributed by atoms with Crippen LogP contribution in [-0.4, -0.2) is 14.2 Å². The van der Waals surface area contributed by atoms with Crippen LogP contribution in [0.2, 0.25) is 0 Å². The summed E-state index contributed by atoms with van der Waals surface area (Å²) in [6.45, 7) is 0. The Hall–Kier alpha value is -2.66. The van der Waals surface area contributed by atoms with E-state index < -0.39 is 12.1 Å². The smallest absolute Gasteiger partial charge is 0.123 e. The SMILES string of the molecule is COc1ccc([C@H](N)[C@@H](N)c2ccc(OC)cc2)cc1.Cl.Cl.Cl.Cl.N[C@@H](c1ccc(F)cc1)[C@@H](N)c1ccc(F)cc1. The molecule has 0 saturated heterocycles. The minimum Gasteiger partial charge on any atom is -0.497 e. The summed E-state index contributed by atoms with van der Waals surface area (Å²) in [5, 5.41) is 0. The van der Waals surface area contributed by atoms with E-state index >= 15 is 0 Å². The maximum Gasteiger partial charge on any atom is 0.123 e. The van der Waals surface area contributed by atoms with Crippen LogP contribution in [0.4, 0.5) is 8.78 Å². The molecular formula is C30H38Cl4F2N4O2. The summed E-state index contributed by atoms with van der Waals surface area (Å²) in [5.74, 6) is 0.973. The van der Waals surface area contributed by atoms with Gasteiger partial charge in [0.1, 0.15) is 23.1 Å². The van der Waals surface area contributed by atoms with Crippen molar-refractivity contribution in [2.75, 3.05) is 14.2 Å². The van der Waals surface area contributed by atoms with E-state index in [9.17, 15) is 8.78 Å². The van der Waals surface area contributed by atoms with Gasteiger partial charge < -0.3 is 32.4 Å². The molecule has 42 heavy (non-hydrogen) atoms. The first-order valence-electron chi connectivity index (χ1n) is 12.0. The van der Waals surface area contributed by atoms with E-state index in [1.807, 2.05) is 48.5 Å². The quantitative estimate of drug-likeness (QED) is 0.165. The van der Waals surface area contributed by atoms with E-state index in [2.05, 4.69) is 0 Å². The van der Waals surface area contributed by atoms with Gasteiger partial charge in [0.15, 0.2) is 0 Å². The number of ether oxygens (including phenoxy) is 2. The summed E-state index contributed by atoms with van der Waals surface area (Å²) in [4.78, 5) is 0. The Morgan fingerprint density at radius 3 is 0.786 bits per heavy atom. The van der Waals surface area contributed by atoms with Gasteiger partial charge in [0.05, 0.1) is 14.2 Å². The Kier molecular flexibility index (Phi) is 20.0. The number of nitrogens with two attached hydrogens (primary N) is 4. The molecule has 0 saturated carbocycles. The zero-order valence-corrected chi connectivity index (χ0v) is 26.3. The van der Waals surface area contributed by atoms with Crippen molar-refractivity contribution in [2.45, 2.75) is 24.2 Å². The van der Waals surface area contributed by atoms with Crippen molar-refractivity contribution in [1.29, 1.82) is 0 Å². The molecule has 4 aromatic carbocycles. The second kappa shape index (κ2) is 20.3. The molecule has 0 aliphatic heterocycles. The first-order chi connectivity index (χ1) is 18.2. The summed E-state index contributed by atoms with van der Waals surface area (Å²) in [6.07, 6.45) is 0. The van der Waals surface area contributed by atoms with E-state index in [4.69, 9.17) is 32.4 Å². The topological polar surface area (TPSA) is 123 Å². The summed E-state index contributed by atoms with van der Waals surface area (Å²) in [7, 11) is 3.27. The molecule has 232 valence electrons. The number of rotatable bonds is 8. The molecule has 0 amide bonds. The average Bonchev–Trinajstić information content (AvgIpc) is 2.97. The van der Waals surface area contributed by atoms with Crippen LogP contribution >= 0.6 is 49.6 Å². The first-order valence-corrected chi connectivity index (χ1v) is 12.0. The first kappa shape index (κ1) is 41.5. The molecule has 4 rings (SSSR count). The maximum absolute atomic E-state index is 12.8. The third-order valence-electron chi connectivity index (χ3n) is 6.29. The van der Waals surface area contributed by atoms with E-state index in [1.54, 1.807) is 38.5 Å². The van der Waals surface area contributed by atoms with E-state index in [0.29, 0.717) is 0 Å². The monoisotopic (exact) mass is 664 g/mol. The predicted octanol–water partition coefficient (Wildman–Crippen LogP) is 6.76. The largest absolute Gasteiger partial charge is 0.497 e. The molecule has 0 unspecified atom stereocenters. The minimum absolute atomic E-state index is 0. The lowest BCUT2D eigenvalue weighted by Gasteiger charge is -2.21. The fourth-order valence-corrected chi connectivity index (χ4v) is 3.85. The molecule has 8 N–H and O–H groups in total. The van der Waals surface area contributed by atoms with Crippen LogP contribution in [0, 0.1) is 11.6 Å². The van der Waals surface area contributed by atoms with E-state index in [0.717, 1.165) is 33.8 Å². The van der Waals surface area contributed by atoms with Crippen molar-refractivity contribution >= 4 is 49.6 Å². The van der Waals surface area contributed by atoms with Crippen molar-refractivity contribution < 1.29 is 18.3 Å². The second-order valence-electron chi connectivity index (χ2n) is 8.75. The molecular weight excluding hydrogens is 628 g/mol. The molecule has 0 heterocycles. The molecule has 12 heteroatoms. The van der Waals surface area contributed by atoms with E-state index in [-0.39, 0.29) is 73.3 Å². The number of halogens is 6. The summed E-state index contributed by atoms with van der Waals surface area (Å²) in [6, 6.07) is 25.6. The lowest BCUT2D eigenvalue weighted by atomic mass is 9.95. The van der Waals surface area contributed by atoms with Gasteiger partial charge in [-0.1, -0.05) is 48.5 Å². The molecule has 6 nitrogen and oxygen atoms in total. The van der Waals surface area contributed by atoms with Crippen LogP contribution in [0.15, 0.2) is 97.1 Å². The standard InChI is InChI=1S/C16H20N2O2.C14H14F2N2.4ClH/c1-19-13-7-3-11(4-8-13)15(17)16(18)12-5-9-14(20-2)10-6-12;15-11-5-1-9(2-6-11)13(17)14(18)10-3-7-12(16)8-4-10;;;;/h3-10,15-16H,17-18H2,1-2H3;1-8,13-14H,17-18H2;4*1H/t15-,16-;13-,14-;;;;/m00..../s1. The molecule has 0 aromatic heterocycles. The molecule has 0 fully saturated rings. The molecule has 0 aliphatic carbocycles. The van der Waals surface area contributed by atoms with Crippen molar-refractivity contribution in [3.05, 3.63) is 131 Å². The van der Waals surface area contributed by atoms with Crippen LogP contribution in [-0.2, 0) is 0 Å². The van der Waals surface area contributed by atoms with Crippen molar-refractivity contribution in [3.8, 4) is 11.5 Å². The molecule has 4 aromatic rings. The average molecular weight is 666 g/mol. The van der Waals surface area contributed by atoms with Crippen LogP contribution in [0.1, 0.15) is 46.4 Å². The third-order valence-corrected chi connectivity index (χ3v) is 6.29. The lowest BCUT2D eigenvalue weighted by molar-refractivity contribution is 0.414. The number of methoxy groups -OCH3 is 2. The Bertz CT molecular complexity index is 1170. The van der Waals surface area contributed by atoms with Crippen LogP contribution in [0.3, 0.4) is 0 Å². The molecule has 0 bridgehead atoms. The maximum atomic E-state index is 12.8. The van der Waals surface area contributed by atoms with Crippen LogP contribution < -0.4 is 32.4 Å². The fraction of sp³-hybridized carbons (Fsp3) is 0.200. The van der Waals surface area contributed by atoms with Crippen LogP contribution in [0.25, 0.3) is 0 Å². The van der Waals surface area contributed by atoms with Gasteiger partial charge in [0.25, 0.3) is 0 Å². The molecule has 0 radical (unpaired) electrons. The third kappa shape index (κ3) is 11.6. The highest BCUT2D eigenvalue weighted by atomic mass is 35.5. The molecule has 0 spiro atoms. The highest BCUT2D eigenvalue weighted by molar-refractivity contribution is 5.86. The van der Waals surface area contributed by atoms with Gasteiger partial charge in [0, 0.05) is 24.2 Å². The summed E-state index contributed by atoms with van der Waals surface area (Å²) < 4.78 is 35.9. The van der Waals surface area contributed by atoms with Crippen molar-refractivity contribution in [1.82, 2.24) is 0 Å². The zero-order valence-electron chi connectivity index (χ0n) is 23.1. The highest BCUT2D eigenvalue weighted by Crippen LogP contribution is 2.27. The summed E-state index contributed by atoms with van der Waals surface area (Å²) >= 11 is 0.